The maximum atomic E-state index is 9.76. The van der Waals surface area contributed by atoms with Crippen molar-refractivity contribution in [1.29, 1.82) is 0 Å². The fourth-order valence-electron chi connectivity index (χ4n) is 2.01. The number of hydrogen-bond acceptors (Lipinski definition) is 5. The van der Waals surface area contributed by atoms with E-state index in [-0.39, 0.29) is 0 Å². The minimum absolute atomic E-state index is 0.405. The van der Waals surface area contributed by atoms with Crippen LogP contribution < -0.4 is 0 Å². The lowest BCUT2D eigenvalue weighted by atomic mass is 10.1. The predicted octanol–water partition coefficient (Wildman–Crippen LogP) is 2.59. The lowest BCUT2D eigenvalue weighted by Crippen LogP contribution is -2.35. The number of halogens is 1. The van der Waals surface area contributed by atoms with E-state index in [9.17, 15) is 5.11 Å². The third-order valence-corrected chi connectivity index (χ3v) is 2.96. The van der Waals surface area contributed by atoms with Crippen molar-refractivity contribution in [1.82, 2.24) is 15.1 Å². The largest absolute Gasteiger partial charge is 0.419 e. The first-order valence-electron chi connectivity index (χ1n) is 6.33. The Balaban J connectivity index is 2.08. The maximum Gasteiger partial charge on any atom is 0.249 e. The standard InChI is InChI=1S/C14H18ClN3O2/c1-14(2,19)9-18(3)8-12-16-17-13(20-12)10-6-4-5-7-11(10)15/h4-7,19H,8-9H2,1-3H3. The Morgan fingerprint density at radius 3 is 2.65 bits per heavy atom. The van der Waals surface area contributed by atoms with Gasteiger partial charge in [0.25, 0.3) is 0 Å². The second-order valence-corrected chi connectivity index (χ2v) is 5.87. The van der Waals surface area contributed by atoms with Crippen molar-refractivity contribution in [2.45, 2.75) is 26.0 Å². The van der Waals surface area contributed by atoms with E-state index in [0.717, 1.165) is 5.56 Å². The molecule has 1 heterocycles. The normalized spacial score (nSPS) is 12.1. The van der Waals surface area contributed by atoms with Crippen LogP contribution in [0.5, 0.6) is 0 Å². The molecule has 0 aliphatic rings. The van der Waals surface area contributed by atoms with Crippen LogP contribution in [-0.2, 0) is 6.54 Å². The number of nitrogens with zero attached hydrogens (tertiary/aromatic N) is 3. The van der Waals surface area contributed by atoms with Crippen LogP contribution in [0.2, 0.25) is 5.02 Å². The molecule has 0 unspecified atom stereocenters. The minimum Gasteiger partial charge on any atom is -0.419 e. The van der Waals surface area contributed by atoms with Crippen LogP contribution in [0.25, 0.3) is 11.5 Å². The van der Waals surface area contributed by atoms with Gasteiger partial charge in [-0.25, -0.2) is 0 Å². The van der Waals surface area contributed by atoms with Gasteiger partial charge in [0.05, 0.1) is 22.7 Å². The summed E-state index contributed by atoms with van der Waals surface area (Å²) in [6.07, 6.45) is 0. The summed E-state index contributed by atoms with van der Waals surface area (Å²) in [6, 6.07) is 7.33. The maximum absolute atomic E-state index is 9.76. The van der Waals surface area contributed by atoms with Crippen LogP contribution in [0.4, 0.5) is 0 Å². The molecule has 0 fully saturated rings. The van der Waals surface area contributed by atoms with Gasteiger partial charge in [-0.1, -0.05) is 23.7 Å². The van der Waals surface area contributed by atoms with Gasteiger partial charge in [-0.3, -0.25) is 4.90 Å². The lowest BCUT2D eigenvalue weighted by molar-refractivity contribution is 0.0403. The SMILES string of the molecule is CN(Cc1nnc(-c2ccccc2Cl)o1)CC(C)(C)O. The van der Waals surface area contributed by atoms with Crippen molar-refractivity contribution in [2.24, 2.45) is 0 Å². The molecule has 1 aromatic heterocycles. The van der Waals surface area contributed by atoms with Gasteiger partial charge in [0, 0.05) is 6.54 Å². The van der Waals surface area contributed by atoms with Gasteiger partial charge in [-0.05, 0) is 33.0 Å². The predicted molar refractivity (Wildman–Crippen MR) is 77.4 cm³/mol. The van der Waals surface area contributed by atoms with E-state index in [4.69, 9.17) is 16.0 Å². The molecule has 0 spiro atoms. The van der Waals surface area contributed by atoms with Gasteiger partial charge in [0.15, 0.2) is 0 Å². The van der Waals surface area contributed by atoms with E-state index in [2.05, 4.69) is 10.2 Å². The summed E-state index contributed by atoms with van der Waals surface area (Å²) in [4.78, 5) is 1.92. The molecule has 0 aliphatic carbocycles. The number of rotatable bonds is 5. The molecular weight excluding hydrogens is 278 g/mol. The zero-order chi connectivity index (χ0) is 14.8. The number of hydrogen-bond donors (Lipinski definition) is 1. The Kier molecular flexibility index (Phi) is 4.42. The second-order valence-electron chi connectivity index (χ2n) is 5.47. The van der Waals surface area contributed by atoms with E-state index in [1.54, 1.807) is 19.9 Å². The molecule has 0 radical (unpaired) electrons. The molecule has 1 aromatic carbocycles. The lowest BCUT2D eigenvalue weighted by Gasteiger charge is -2.23. The molecule has 0 amide bonds. The summed E-state index contributed by atoms with van der Waals surface area (Å²) in [6.45, 7) is 4.50. The third kappa shape index (κ3) is 4.03. The Hall–Kier alpha value is -1.43. The van der Waals surface area contributed by atoms with Crippen molar-refractivity contribution < 1.29 is 9.52 Å². The summed E-state index contributed by atoms with van der Waals surface area (Å²) in [5, 5.41) is 18.3. The Morgan fingerprint density at radius 2 is 2.00 bits per heavy atom. The first-order chi connectivity index (χ1) is 9.35. The van der Waals surface area contributed by atoms with Crippen LogP contribution >= 0.6 is 11.6 Å². The highest BCUT2D eigenvalue weighted by Crippen LogP contribution is 2.26. The summed E-state index contributed by atoms with van der Waals surface area (Å²) < 4.78 is 5.61. The molecule has 5 nitrogen and oxygen atoms in total. The number of benzene rings is 1. The second kappa shape index (κ2) is 5.91. The molecule has 1 N–H and O–H groups in total. The highest BCUT2D eigenvalue weighted by atomic mass is 35.5. The first kappa shape index (κ1) is 15.0. The zero-order valence-corrected chi connectivity index (χ0v) is 12.6. The van der Waals surface area contributed by atoms with Crippen molar-refractivity contribution >= 4 is 11.6 Å². The van der Waals surface area contributed by atoms with Crippen LogP contribution in [-0.4, -0.2) is 39.4 Å². The Bertz CT molecular complexity index is 578. The molecule has 20 heavy (non-hydrogen) atoms. The van der Waals surface area contributed by atoms with E-state index >= 15 is 0 Å². The quantitative estimate of drug-likeness (QED) is 0.918. The van der Waals surface area contributed by atoms with Crippen LogP contribution in [0, 0.1) is 0 Å². The molecule has 2 aromatic rings. The molecule has 2 rings (SSSR count). The number of aromatic nitrogens is 2. The van der Waals surface area contributed by atoms with Crippen molar-refractivity contribution in [3.8, 4) is 11.5 Å². The summed E-state index contributed by atoms with van der Waals surface area (Å²) in [5.74, 6) is 0.897. The summed E-state index contributed by atoms with van der Waals surface area (Å²) in [5.41, 5.74) is -0.0431. The summed E-state index contributed by atoms with van der Waals surface area (Å²) >= 11 is 6.09. The molecule has 0 saturated carbocycles. The van der Waals surface area contributed by atoms with Gasteiger partial charge in [-0.2, -0.15) is 0 Å². The molecule has 0 aliphatic heterocycles. The molecule has 0 atom stereocenters. The van der Waals surface area contributed by atoms with Crippen LogP contribution in [0.15, 0.2) is 28.7 Å². The highest BCUT2D eigenvalue weighted by molar-refractivity contribution is 6.33. The van der Waals surface area contributed by atoms with E-state index in [1.165, 1.54) is 0 Å². The smallest absolute Gasteiger partial charge is 0.249 e. The van der Waals surface area contributed by atoms with E-state index in [0.29, 0.717) is 29.9 Å². The van der Waals surface area contributed by atoms with Crippen molar-refractivity contribution in [3.05, 3.63) is 35.2 Å². The third-order valence-electron chi connectivity index (χ3n) is 2.63. The zero-order valence-electron chi connectivity index (χ0n) is 11.8. The van der Waals surface area contributed by atoms with Gasteiger partial charge >= 0.3 is 0 Å². The van der Waals surface area contributed by atoms with Crippen LogP contribution in [0.1, 0.15) is 19.7 Å². The molecule has 6 heteroatoms. The monoisotopic (exact) mass is 295 g/mol. The average Bonchev–Trinajstić information content (AvgIpc) is 2.75. The van der Waals surface area contributed by atoms with E-state index in [1.807, 2.05) is 30.1 Å². The number of likely N-dealkylation sites (N-methyl/N-ethyl adjacent to an activating group) is 1. The summed E-state index contributed by atoms with van der Waals surface area (Å²) in [7, 11) is 1.89. The number of aliphatic hydroxyl groups is 1. The van der Waals surface area contributed by atoms with Gasteiger partial charge in [-0.15, -0.1) is 10.2 Å². The Morgan fingerprint density at radius 1 is 1.30 bits per heavy atom. The fourth-order valence-corrected chi connectivity index (χ4v) is 2.22. The van der Waals surface area contributed by atoms with Crippen molar-refractivity contribution in [2.75, 3.05) is 13.6 Å². The van der Waals surface area contributed by atoms with Crippen molar-refractivity contribution in [3.63, 3.8) is 0 Å². The topological polar surface area (TPSA) is 62.4 Å². The Labute approximate surface area is 123 Å². The van der Waals surface area contributed by atoms with Gasteiger partial charge in [0.1, 0.15) is 0 Å². The van der Waals surface area contributed by atoms with Gasteiger partial charge in [0.2, 0.25) is 11.8 Å². The molecule has 0 bridgehead atoms. The molecular formula is C14H18ClN3O2. The van der Waals surface area contributed by atoms with E-state index < -0.39 is 5.60 Å². The fraction of sp³-hybridized carbons (Fsp3) is 0.429. The first-order valence-corrected chi connectivity index (χ1v) is 6.71. The molecule has 108 valence electrons. The van der Waals surface area contributed by atoms with Gasteiger partial charge < -0.3 is 9.52 Å². The van der Waals surface area contributed by atoms with Crippen LogP contribution in [0.3, 0.4) is 0 Å². The molecule has 0 saturated heterocycles. The average molecular weight is 296 g/mol. The highest BCUT2D eigenvalue weighted by Gasteiger charge is 2.18. The minimum atomic E-state index is -0.764.